The van der Waals surface area contributed by atoms with E-state index in [2.05, 4.69) is 0 Å². The van der Waals surface area contributed by atoms with Crippen molar-refractivity contribution >= 4 is 40.2 Å². The topological polar surface area (TPSA) is 77.8 Å². The lowest BCUT2D eigenvalue weighted by atomic mass is 10.2. The molecule has 16 heavy (non-hydrogen) atoms. The van der Waals surface area contributed by atoms with Crippen molar-refractivity contribution in [3.05, 3.63) is 0 Å². The summed E-state index contributed by atoms with van der Waals surface area (Å²) >= 11 is 6.23. The number of carboxylic acid groups (broad SMARTS) is 2. The monoisotopic (exact) mass is 263 g/mol. The summed E-state index contributed by atoms with van der Waals surface area (Å²) in [6.07, 6.45) is 0.556. The molecule has 1 aliphatic rings. The Kier molecular flexibility index (Phi) is 4.55. The van der Waals surface area contributed by atoms with E-state index in [1.807, 2.05) is 0 Å². The standard InChI is InChI=1S/C9H13NO4S2/c1-5-7(8(13)14)16-9(15)10(5)4-2-3-6(11)12/h5,7H,2-4H2,1H3,(H,11,12)(H,13,14). The molecule has 5 nitrogen and oxygen atoms in total. The minimum Gasteiger partial charge on any atom is -0.481 e. The van der Waals surface area contributed by atoms with Crippen LogP contribution >= 0.6 is 24.0 Å². The van der Waals surface area contributed by atoms with Gasteiger partial charge in [0.1, 0.15) is 9.57 Å². The van der Waals surface area contributed by atoms with Gasteiger partial charge in [0.2, 0.25) is 0 Å². The molecule has 0 aliphatic carbocycles. The van der Waals surface area contributed by atoms with Crippen LogP contribution in [0.5, 0.6) is 0 Å². The number of nitrogens with zero attached hydrogens (tertiary/aromatic N) is 1. The first-order valence-corrected chi connectivity index (χ1v) is 6.14. The van der Waals surface area contributed by atoms with E-state index in [1.54, 1.807) is 11.8 Å². The zero-order valence-electron chi connectivity index (χ0n) is 8.75. The highest BCUT2D eigenvalue weighted by Gasteiger charge is 2.39. The smallest absolute Gasteiger partial charge is 0.319 e. The maximum absolute atomic E-state index is 10.9. The highest BCUT2D eigenvalue weighted by atomic mass is 32.2. The van der Waals surface area contributed by atoms with Gasteiger partial charge in [0.25, 0.3) is 0 Å². The fourth-order valence-electron chi connectivity index (χ4n) is 1.56. The van der Waals surface area contributed by atoms with Crippen LogP contribution in [0, 0.1) is 0 Å². The van der Waals surface area contributed by atoms with Gasteiger partial charge >= 0.3 is 11.9 Å². The second kappa shape index (κ2) is 5.49. The molecular weight excluding hydrogens is 250 g/mol. The maximum Gasteiger partial charge on any atom is 0.319 e. The normalized spacial score (nSPS) is 24.8. The van der Waals surface area contributed by atoms with Crippen LogP contribution in [0.4, 0.5) is 0 Å². The van der Waals surface area contributed by atoms with E-state index >= 15 is 0 Å². The molecule has 90 valence electrons. The van der Waals surface area contributed by atoms with Gasteiger partial charge in [0.05, 0.1) is 6.04 Å². The van der Waals surface area contributed by atoms with Crippen molar-refractivity contribution in [1.82, 2.24) is 4.90 Å². The molecule has 1 heterocycles. The summed E-state index contributed by atoms with van der Waals surface area (Å²) in [6.45, 7) is 2.30. The molecule has 0 bridgehead atoms. The Morgan fingerprint density at radius 3 is 2.56 bits per heavy atom. The number of thiocarbonyl (C=S) groups is 1. The minimum atomic E-state index is -0.874. The summed E-state index contributed by atoms with van der Waals surface area (Å²) in [7, 11) is 0. The molecule has 2 atom stereocenters. The molecule has 0 aromatic rings. The van der Waals surface area contributed by atoms with Crippen LogP contribution in [0.25, 0.3) is 0 Å². The van der Waals surface area contributed by atoms with Gasteiger partial charge in [-0.05, 0) is 13.3 Å². The molecule has 2 unspecified atom stereocenters. The Morgan fingerprint density at radius 2 is 2.12 bits per heavy atom. The van der Waals surface area contributed by atoms with Gasteiger partial charge in [-0.25, -0.2) is 0 Å². The number of carbonyl (C=O) groups is 2. The third kappa shape index (κ3) is 3.08. The van der Waals surface area contributed by atoms with E-state index < -0.39 is 17.2 Å². The molecule has 1 fully saturated rings. The zero-order chi connectivity index (χ0) is 12.3. The van der Waals surface area contributed by atoms with Gasteiger partial charge in [-0.15, -0.1) is 0 Å². The van der Waals surface area contributed by atoms with Gasteiger partial charge in [0, 0.05) is 13.0 Å². The molecule has 1 saturated heterocycles. The fourth-order valence-corrected chi connectivity index (χ4v) is 3.18. The fraction of sp³-hybridized carbons (Fsp3) is 0.667. The number of aliphatic carboxylic acids is 2. The van der Waals surface area contributed by atoms with Gasteiger partial charge < -0.3 is 15.1 Å². The SMILES string of the molecule is CC1C(C(=O)O)SC(=S)N1CCCC(=O)O. The molecule has 2 N–H and O–H groups in total. The third-order valence-electron chi connectivity index (χ3n) is 2.43. The van der Waals surface area contributed by atoms with Gasteiger partial charge in [-0.1, -0.05) is 24.0 Å². The van der Waals surface area contributed by atoms with Crippen LogP contribution in [-0.4, -0.2) is 49.2 Å². The number of carboxylic acids is 2. The predicted molar refractivity (Wildman–Crippen MR) is 64.7 cm³/mol. The molecular formula is C9H13NO4S2. The average Bonchev–Trinajstić information content (AvgIpc) is 2.44. The van der Waals surface area contributed by atoms with Crippen molar-refractivity contribution in [2.45, 2.75) is 31.1 Å². The van der Waals surface area contributed by atoms with E-state index in [9.17, 15) is 9.59 Å². The third-order valence-corrected chi connectivity index (χ3v) is 4.23. The van der Waals surface area contributed by atoms with Crippen LogP contribution < -0.4 is 0 Å². The Bertz CT molecular complexity index is 321. The predicted octanol–water partition coefficient (Wildman–Crippen LogP) is 1.03. The first-order valence-electron chi connectivity index (χ1n) is 4.85. The average molecular weight is 263 g/mol. The van der Waals surface area contributed by atoms with Crippen LogP contribution in [0.3, 0.4) is 0 Å². The molecule has 0 aromatic carbocycles. The number of hydrogen-bond acceptors (Lipinski definition) is 4. The van der Waals surface area contributed by atoms with E-state index in [-0.39, 0.29) is 12.5 Å². The Balaban J connectivity index is 2.51. The molecule has 7 heteroatoms. The van der Waals surface area contributed by atoms with Gasteiger partial charge in [-0.3, -0.25) is 9.59 Å². The van der Waals surface area contributed by atoms with Crippen LogP contribution in [0.1, 0.15) is 19.8 Å². The van der Waals surface area contributed by atoms with Crippen molar-refractivity contribution in [2.24, 2.45) is 0 Å². The van der Waals surface area contributed by atoms with Crippen molar-refractivity contribution in [2.75, 3.05) is 6.54 Å². The number of thioether (sulfide) groups is 1. The van der Waals surface area contributed by atoms with Crippen LogP contribution in [0.15, 0.2) is 0 Å². The van der Waals surface area contributed by atoms with Crippen LogP contribution in [-0.2, 0) is 9.59 Å². The van der Waals surface area contributed by atoms with Crippen LogP contribution in [0.2, 0.25) is 0 Å². The molecule has 0 saturated carbocycles. The van der Waals surface area contributed by atoms with E-state index in [0.29, 0.717) is 17.3 Å². The highest BCUT2D eigenvalue weighted by molar-refractivity contribution is 8.24. The molecule has 0 spiro atoms. The first kappa shape index (κ1) is 13.2. The van der Waals surface area contributed by atoms with Crippen molar-refractivity contribution in [3.63, 3.8) is 0 Å². The second-order valence-electron chi connectivity index (χ2n) is 3.57. The van der Waals surface area contributed by atoms with Crippen molar-refractivity contribution in [1.29, 1.82) is 0 Å². The number of rotatable bonds is 5. The van der Waals surface area contributed by atoms with Crippen molar-refractivity contribution in [3.8, 4) is 0 Å². The largest absolute Gasteiger partial charge is 0.481 e. The van der Waals surface area contributed by atoms with E-state index in [4.69, 9.17) is 22.4 Å². The first-order chi connectivity index (χ1) is 7.43. The number of hydrogen-bond donors (Lipinski definition) is 2. The Hall–Kier alpha value is -0.820. The molecule has 1 aliphatic heterocycles. The van der Waals surface area contributed by atoms with Crippen molar-refractivity contribution < 1.29 is 19.8 Å². The zero-order valence-corrected chi connectivity index (χ0v) is 10.4. The van der Waals surface area contributed by atoms with E-state index in [1.165, 1.54) is 0 Å². The molecule has 0 radical (unpaired) electrons. The van der Waals surface area contributed by atoms with Gasteiger partial charge in [0.15, 0.2) is 0 Å². The van der Waals surface area contributed by atoms with Gasteiger partial charge in [-0.2, -0.15) is 0 Å². The lowest BCUT2D eigenvalue weighted by Crippen LogP contribution is -2.37. The Labute approximate surface area is 103 Å². The maximum atomic E-state index is 10.9. The second-order valence-corrected chi connectivity index (χ2v) is 5.35. The summed E-state index contributed by atoms with van der Waals surface area (Å²) in [5.74, 6) is -1.72. The van der Waals surface area contributed by atoms with E-state index in [0.717, 1.165) is 11.8 Å². The summed E-state index contributed by atoms with van der Waals surface area (Å²) in [6, 6.07) is -0.177. The lowest BCUT2D eigenvalue weighted by molar-refractivity contribution is -0.138. The Morgan fingerprint density at radius 1 is 1.50 bits per heavy atom. The molecule has 0 amide bonds. The summed E-state index contributed by atoms with van der Waals surface area (Å²) in [5.41, 5.74) is 0. The molecule has 0 aromatic heterocycles. The molecule has 1 rings (SSSR count). The minimum absolute atomic E-state index is 0.0776. The summed E-state index contributed by atoms with van der Waals surface area (Å²) in [5, 5.41) is 16.9. The lowest BCUT2D eigenvalue weighted by Gasteiger charge is -2.23. The highest BCUT2D eigenvalue weighted by Crippen LogP contribution is 2.31. The summed E-state index contributed by atoms with van der Waals surface area (Å²) < 4.78 is 0.547. The quantitative estimate of drug-likeness (QED) is 0.717. The summed E-state index contributed by atoms with van der Waals surface area (Å²) in [4.78, 5) is 23.0.